The zero-order valence-corrected chi connectivity index (χ0v) is 24.4. The third kappa shape index (κ3) is 5.45. The first-order valence-corrected chi connectivity index (χ1v) is 14.6. The highest BCUT2D eigenvalue weighted by atomic mass is 35.5. The average Bonchev–Trinajstić information content (AvgIpc) is 3.39. The van der Waals surface area contributed by atoms with E-state index in [2.05, 4.69) is 41.6 Å². The van der Waals surface area contributed by atoms with Gasteiger partial charge in [0.25, 0.3) is 0 Å². The maximum Gasteiger partial charge on any atom is 0.322 e. The molecule has 6 rings (SSSR count). The summed E-state index contributed by atoms with van der Waals surface area (Å²) in [5.74, 6) is -0.101. The molecule has 1 fully saturated rings. The second-order valence-corrected chi connectivity index (χ2v) is 13.0. The molecule has 11 heteroatoms. The van der Waals surface area contributed by atoms with Gasteiger partial charge in [-0.2, -0.15) is 5.10 Å². The number of halogens is 1. The van der Waals surface area contributed by atoms with Crippen molar-refractivity contribution in [3.63, 3.8) is 0 Å². The minimum atomic E-state index is -0.714. The number of fused-ring (bicyclic) bond motifs is 4. The van der Waals surface area contributed by atoms with Crippen LogP contribution >= 0.6 is 11.6 Å². The molecule has 1 atom stereocenters. The van der Waals surface area contributed by atoms with Gasteiger partial charge in [0.2, 0.25) is 5.91 Å². The monoisotopic (exact) mass is 577 g/mol. The van der Waals surface area contributed by atoms with Crippen molar-refractivity contribution in [2.75, 3.05) is 25.0 Å². The standard InChI is InChI=1S/C30H36ClN7O3/c1-30(2,3)17-37-16-22-19(12-23(31)26-21(22)14-32-35-26)13-25(27(37)39)34-28(40)36-10-8-20(9-11-36)38-15-18-6-4-5-7-24(18)33-29(38)41/h4-7,12,14,20,25H,8-11,13,15-17H2,1-3H3,(H,32,35)(H,33,41)(H,34,40). The predicted octanol–water partition coefficient (Wildman–Crippen LogP) is 4.74. The molecule has 5 amide bonds. The van der Waals surface area contributed by atoms with Crippen LogP contribution in [0.15, 0.2) is 36.5 Å². The quantitative estimate of drug-likeness (QED) is 0.417. The van der Waals surface area contributed by atoms with Crippen molar-refractivity contribution in [1.82, 2.24) is 30.2 Å². The number of likely N-dealkylation sites (tertiary alicyclic amines) is 1. The van der Waals surface area contributed by atoms with E-state index in [4.69, 9.17) is 11.6 Å². The summed E-state index contributed by atoms with van der Waals surface area (Å²) in [5.41, 5.74) is 4.52. The number of aromatic amines is 1. The number of H-pyrrole nitrogens is 1. The van der Waals surface area contributed by atoms with Crippen LogP contribution < -0.4 is 10.6 Å². The molecule has 10 nitrogen and oxygen atoms in total. The highest BCUT2D eigenvalue weighted by molar-refractivity contribution is 6.35. The van der Waals surface area contributed by atoms with Crippen molar-refractivity contribution < 1.29 is 14.4 Å². The number of carbonyl (C=O) groups excluding carboxylic acids is 3. The van der Waals surface area contributed by atoms with Gasteiger partial charge < -0.3 is 25.3 Å². The van der Waals surface area contributed by atoms with Gasteiger partial charge in [0, 0.05) is 56.3 Å². The van der Waals surface area contributed by atoms with Crippen molar-refractivity contribution in [1.29, 1.82) is 0 Å². The number of para-hydroxylation sites is 1. The lowest BCUT2D eigenvalue weighted by Gasteiger charge is -2.40. The predicted molar refractivity (Wildman–Crippen MR) is 158 cm³/mol. The Morgan fingerprint density at radius 1 is 1.12 bits per heavy atom. The fourth-order valence-electron chi connectivity index (χ4n) is 6.30. The van der Waals surface area contributed by atoms with Crippen molar-refractivity contribution >= 4 is 46.2 Å². The van der Waals surface area contributed by atoms with Crippen LogP contribution in [0.1, 0.15) is 50.3 Å². The van der Waals surface area contributed by atoms with E-state index in [1.807, 2.05) is 40.1 Å². The molecule has 41 heavy (non-hydrogen) atoms. The number of anilines is 1. The maximum atomic E-state index is 13.8. The van der Waals surface area contributed by atoms with Crippen LogP contribution in [0.5, 0.6) is 0 Å². The molecule has 0 radical (unpaired) electrons. The summed E-state index contributed by atoms with van der Waals surface area (Å²) in [6.45, 7) is 8.84. The first-order valence-electron chi connectivity index (χ1n) is 14.2. The van der Waals surface area contributed by atoms with E-state index in [0.717, 1.165) is 33.3 Å². The molecule has 3 aromatic rings. The lowest BCUT2D eigenvalue weighted by atomic mass is 9.95. The van der Waals surface area contributed by atoms with Gasteiger partial charge in [0.05, 0.1) is 16.7 Å². The van der Waals surface area contributed by atoms with Gasteiger partial charge in [-0.3, -0.25) is 9.89 Å². The Bertz CT molecular complexity index is 1510. The van der Waals surface area contributed by atoms with Gasteiger partial charge in [-0.05, 0) is 47.1 Å². The van der Waals surface area contributed by atoms with Gasteiger partial charge in [-0.15, -0.1) is 0 Å². The van der Waals surface area contributed by atoms with Crippen molar-refractivity contribution in [2.24, 2.45) is 5.41 Å². The van der Waals surface area contributed by atoms with Crippen molar-refractivity contribution in [3.8, 4) is 0 Å². The molecule has 216 valence electrons. The number of piperidine rings is 1. The van der Waals surface area contributed by atoms with E-state index in [9.17, 15) is 14.4 Å². The summed E-state index contributed by atoms with van der Waals surface area (Å²) >= 11 is 6.56. The minimum Gasteiger partial charge on any atom is -0.336 e. The van der Waals surface area contributed by atoms with E-state index in [1.165, 1.54) is 0 Å². The Morgan fingerprint density at radius 3 is 2.63 bits per heavy atom. The van der Waals surface area contributed by atoms with Crippen molar-refractivity contribution in [2.45, 2.75) is 65.2 Å². The number of benzene rings is 2. The molecule has 3 N–H and O–H groups in total. The summed E-state index contributed by atoms with van der Waals surface area (Å²) < 4.78 is 0. The van der Waals surface area contributed by atoms with Gasteiger partial charge >= 0.3 is 12.1 Å². The normalized spacial score (nSPS) is 20.0. The lowest BCUT2D eigenvalue weighted by molar-refractivity contribution is -0.134. The van der Waals surface area contributed by atoms with E-state index in [-0.39, 0.29) is 29.4 Å². The number of amides is 5. The molecule has 1 unspecified atom stereocenters. The highest BCUT2D eigenvalue weighted by Gasteiger charge is 2.37. The molecular weight excluding hydrogens is 542 g/mol. The molecular formula is C30H36ClN7O3. The summed E-state index contributed by atoms with van der Waals surface area (Å²) in [7, 11) is 0. The molecule has 3 aliphatic heterocycles. The average molecular weight is 578 g/mol. The molecule has 0 spiro atoms. The number of aromatic nitrogens is 2. The molecule has 1 saturated heterocycles. The highest BCUT2D eigenvalue weighted by Crippen LogP contribution is 2.33. The Hall–Kier alpha value is -3.79. The summed E-state index contributed by atoms with van der Waals surface area (Å²) in [6.07, 6.45) is 3.46. The molecule has 0 saturated carbocycles. The third-order valence-corrected chi connectivity index (χ3v) is 8.59. The summed E-state index contributed by atoms with van der Waals surface area (Å²) in [5, 5.41) is 14.6. The van der Waals surface area contributed by atoms with Crippen molar-refractivity contribution in [3.05, 3.63) is 58.2 Å². The smallest absolute Gasteiger partial charge is 0.322 e. The van der Waals surface area contributed by atoms with Gasteiger partial charge in [0.15, 0.2) is 0 Å². The molecule has 3 aliphatic rings. The van der Waals surface area contributed by atoms with Crippen LogP contribution in [0, 0.1) is 5.41 Å². The van der Waals surface area contributed by atoms with E-state index in [1.54, 1.807) is 11.1 Å². The maximum absolute atomic E-state index is 13.8. The zero-order chi connectivity index (χ0) is 28.9. The Labute approximate surface area is 244 Å². The van der Waals surface area contributed by atoms with E-state index >= 15 is 0 Å². The topological polar surface area (TPSA) is 114 Å². The Kier molecular flexibility index (Phi) is 7.05. The molecule has 2 aromatic carbocycles. The van der Waals surface area contributed by atoms with Crippen LogP contribution in [0.3, 0.4) is 0 Å². The molecule has 4 heterocycles. The zero-order valence-electron chi connectivity index (χ0n) is 23.7. The molecule has 0 bridgehead atoms. The van der Waals surface area contributed by atoms with Gasteiger partial charge in [-0.25, -0.2) is 9.59 Å². The number of nitrogens with one attached hydrogen (secondary N) is 3. The summed E-state index contributed by atoms with van der Waals surface area (Å²) in [4.78, 5) is 45.6. The fourth-order valence-corrected chi connectivity index (χ4v) is 6.58. The Balaban J connectivity index is 1.16. The number of urea groups is 2. The number of rotatable bonds is 3. The number of nitrogens with zero attached hydrogens (tertiary/aromatic N) is 4. The second-order valence-electron chi connectivity index (χ2n) is 12.5. The summed E-state index contributed by atoms with van der Waals surface area (Å²) in [6, 6.07) is 8.69. The second kappa shape index (κ2) is 10.6. The largest absolute Gasteiger partial charge is 0.336 e. The molecule has 0 aliphatic carbocycles. The number of hydrogen-bond acceptors (Lipinski definition) is 4. The van der Waals surface area contributed by atoms with E-state index in [0.29, 0.717) is 57.0 Å². The van der Waals surface area contributed by atoms with Crippen LogP contribution in [0.4, 0.5) is 15.3 Å². The number of carbonyl (C=O) groups is 3. The van der Waals surface area contributed by atoms with Gasteiger partial charge in [0.1, 0.15) is 6.04 Å². The van der Waals surface area contributed by atoms with Crippen LogP contribution in [-0.4, -0.2) is 74.6 Å². The first-order chi connectivity index (χ1) is 19.6. The first kappa shape index (κ1) is 27.4. The van der Waals surface area contributed by atoms with E-state index < -0.39 is 6.04 Å². The Morgan fingerprint density at radius 2 is 1.88 bits per heavy atom. The van der Waals surface area contributed by atoms with Gasteiger partial charge in [-0.1, -0.05) is 50.6 Å². The fraction of sp³-hybridized carbons (Fsp3) is 0.467. The van der Waals surface area contributed by atoms with Crippen LogP contribution in [0.25, 0.3) is 10.9 Å². The molecule has 1 aromatic heterocycles. The number of hydrogen-bond donors (Lipinski definition) is 3. The van der Waals surface area contributed by atoms with Crippen LogP contribution in [-0.2, 0) is 24.3 Å². The minimum absolute atomic E-state index is 0.0422. The third-order valence-electron chi connectivity index (χ3n) is 8.29. The van der Waals surface area contributed by atoms with Crippen LogP contribution in [0.2, 0.25) is 5.02 Å². The lowest BCUT2D eigenvalue weighted by Crippen LogP contribution is -2.56. The SMILES string of the molecule is CC(C)(C)CN1Cc2c(cc(Cl)c3[nH]ncc23)CC(NC(=O)N2CCC(N3Cc4ccccc4NC3=O)CC2)C1=O.